The summed E-state index contributed by atoms with van der Waals surface area (Å²) in [7, 11) is 0. The van der Waals surface area contributed by atoms with Crippen LogP contribution in [0.4, 0.5) is 5.82 Å². The maximum absolute atomic E-state index is 5.78. The number of anilines is 1. The number of pyridine rings is 1. The Bertz CT molecular complexity index is 328. The van der Waals surface area contributed by atoms with Crippen LogP contribution in [0.25, 0.3) is 0 Å². The van der Waals surface area contributed by atoms with E-state index in [2.05, 4.69) is 52.7 Å². The SMILES string of the molecule is Cc1cc(N(CCCl)C(C)C)ncc1Br. The van der Waals surface area contributed by atoms with Gasteiger partial charge in [0, 0.05) is 29.1 Å². The largest absolute Gasteiger partial charge is 0.353 e. The zero-order chi connectivity index (χ0) is 11.4. The Hall–Kier alpha value is -0.280. The maximum Gasteiger partial charge on any atom is 0.129 e. The molecule has 0 saturated heterocycles. The van der Waals surface area contributed by atoms with Crippen LogP contribution in [-0.2, 0) is 0 Å². The first-order chi connectivity index (χ1) is 7.06. The second-order valence-electron chi connectivity index (χ2n) is 3.77. The number of rotatable bonds is 4. The predicted molar refractivity (Wildman–Crippen MR) is 69.9 cm³/mol. The Morgan fingerprint density at radius 2 is 2.20 bits per heavy atom. The molecule has 0 bridgehead atoms. The molecule has 4 heteroatoms. The van der Waals surface area contributed by atoms with Gasteiger partial charge in [-0.2, -0.15) is 0 Å². The minimum absolute atomic E-state index is 0.414. The summed E-state index contributed by atoms with van der Waals surface area (Å²) in [6.45, 7) is 7.18. The molecule has 15 heavy (non-hydrogen) atoms. The number of aryl methyl sites for hydroxylation is 1. The van der Waals surface area contributed by atoms with Crippen molar-refractivity contribution in [3.05, 3.63) is 22.3 Å². The summed E-state index contributed by atoms with van der Waals surface area (Å²) in [5.41, 5.74) is 1.19. The summed E-state index contributed by atoms with van der Waals surface area (Å²) in [6.07, 6.45) is 1.84. The molecule has 84 valence electrons. The van der Waals surface area contributed by atoms with Crippen LogP contribution in [0.15, 0.2) is 16.7 Å². The molecule has 0 saturated carbocycles. The zero-order valence-electron chi connectivity index (χ0n) is 9.30. The predicted octanol–water partition coefficient (Wildman–Crippen LogP) is 3.61. The summed E-state index contributed by atoms with van der Waals surface area (Å²) in [6, 6.07) is 2.49. The van der Waals surface area contributed by atoms with Crippen LogP contribution >= 0.6 is 27.5 Å². The number of alkyl halides is 1. The van der Waals surface area contributed by atoms with Crippen molar-refractivity contribution in [1.82, 2.24) is 4.98 Å². The summed E-state index contributed by atoms with van der Waals surface area (Å²) in [4.78, 5) is 6.60. The van der Waals surface area contributed by atoms with Gasteiger partial charge in [0.15, 0.2) is 0 Å². The molecule has 0 aliphatic heterocycles. The molecule has 0 aromatic carbocycles. The Morgan fingerprint density at radius 3 is 2.67 bits per heavy atom. The first kappa shape index (κ1) is 12.8. The molecule has 0 aliphatic carbocycles. The Balaban J connectivity index is 2.95. The van der Waals surface area contributed by atoms with E-state index < -0.39 is 0 Å². The Morgan fingerprint density at radius 1 is 1.53 bits per heavy atom. The topological polar surface area (TPSA) is 16.1 Å². The lowest BCUT2D eigenvalue weighted by molar-refractivity contribution is 0.695. The quantitative estimate of drug-likeness (QED) is 0.788. The van der Waals surface area contributed by atoms with Crippen molar-refractivity contribution in [2.45, 2.75) is 26.8 Å². The van der Waals surface area contributed by atoms with Gasteiger partial charge in [0.1, 0.15) is 5.82 Å². The van der Waals surface area contributed by atoms with Crippen LogP contribution in [0.2, 0.25) is 0 Å². The molecular formula is C11H16BrClN2. The molecular weight excluding hydrogens is 275 g/mol. The minimum Gasteiger partial charge on any atom is -0.353 e. The van der Waals surface area contributed by atoms with Crippen LogP contribution in [0, 0.1) is 6.92 Å². The highest BCUT2D eigenvalue weighted by Gasteiger charge is 2.11. The van der Waals surface area contributed by atoms with Gasteiger partial charge in [-0.3, -0.25) is 0 Å². The average molecular weight is 292 g/mol. The smallest absolute Gasteiger partial charge is 0.129 e. The lowest BCUT2D eigenvalue weighted by Crippen LogP contribution is -2.33. The third-order valence-corrected chi connectivity index (χ3v) is 3.27. The molecule has 1 aromatic heterocycles. The van der Waals surface area contributed by atoms with Crippen molar-refractivity contribution in [2.24, 2.45) is 0 Å². The normalized spacial score (nSPS) is 10.8. The number of hydrogen-bond donors (Lipinski definition) is 0. The highest BCUT2D eigenvalue weighted by atomic mass is 79.9. The van der Waals surface area contributed by atoms with E-state index in [1.807, 2.05) is 6.20 Å². The third-order valence-electron chi connectivity index (χ3n) is 2.28. The molecule has 0 atom stereocenters. The van der Waals surface area contributed by atoms with Crippen LogP contribution in [-0.4, -0.2) is 23.5 Å². The van der Waals surface area contributed by atoms with Crippen molar-refractivity contribution < 1.29 is 0 Å². The molecule has 0 spiro atoms. The summed E-state index contributed by atoms with van der Waals surface area (Å²) in [5, 5.41) is 0. The van der Waals surface area contributed by atoms with Gasteiger partial charge in [0.25, 0.3) is 0 Å². The fourth-order valence-corrected chi connectivity index (χ4v) is 1.81. The fraction of sp³-hybridized carbons (Fsp3) is 0.545. The van der Waals surface area contributed by atoms with E-state index in [1.54, 1.807) is 0 Å². The van der Waals surface area contributed by atoms with Crippen LogP contribution in [0.5, 0.6) is 0 Å². The number of halogens is 2. The van der Waals surface area contributed by atoms with Crippen molar-refractivity contribution in [2.75, 3.05) is 17.3 Å². The number of hydrogen-bond acceptors (Lipinski definition) is 2. The summed E-state index contributed by atoms with van der Waals surface area (Å²) >= 11 is 9.23. The standard InChI is InChI=1S/C11H16BrClN2/c1-8(2)15(5-4-13)11-6-9(3)10(12)7-14-11/h6-8H,4-5H2,1-3H3. The molecule has 2 nitrogen and oxygen atoms in total. The molecule has 1 aromatic rings. The second-order valence-corrected chi connectivity index (χ2v) is 5.00. The van der Waals surface area contributed by atoms with Crippen molar-refractivity contribution in [1.29, 1.82) is 0 Å². The molecule has 0 fully saturated rings. The second kappa shape index (κ2) is 5.71. The van der Waals surface area contributed by atoms with Gasteiger partial charge in [-0.15, -0.1) is 11.6 Å². The van der Waals surface area contributed by atoms with Gasteiger partial charge in [-0.05, 0) is 48.3 Å². The molecule has 0 aliphatic rings. The first-order valence-electron chi connectivity index (χ1n) is 5.01. The van der Waals surface area contributed by atoms with E-state index in [-0.39, 0.29) is 0 Å². The molecule has 0 radical (unpaired) electrons. The monoisotopic (exact) mass is 290 g/mol. The summed E-state index contributed by atoms with van der Waals surface area (Å²) in [5.74, 6) is 1.61. The van der Waals surface area contributed by atoms with Crippen LogP contribution in [0.1, 0.15) is 19.4 Å². The van der Waals surface area contributed by atoms with E-state index in [4.69, 9.17) is 11.6 Å². The lowest BCUT2D eigenvalue weighted by Gasteiger charge is -2.27. The Labute approximate surface area is 105 Å². The zero-order valence-corrected chi connectivity index (χ0v) is 11.6. The van der Waals surface area contributed by atoms with Gasteiger partial charge < -0.3 is 4.90 Å². The molecule has 0 unspecified atom stereocenters. The lowest BCUT2D eigenvalue weighted by atomic mass is 10.2. The highest BCUT2D eigenvalue weighted by Crippen LogP contribution is 2.21. The van der Waals surface area contributed by atoms with E-state index in [0.29, 0.717) is 11.9 Å². The van der Waals surface area contributed by atoms with Crippen LogP contribution in [0.3, 0.4) is 0 Å². The van der Waals surface area contributed by atoms with E-state index in [0.717, 1.165) is 16.8 Å². The third kappa shape index (κ3) is 3.35. The highest BCUT2D eigenvalue weighted by molar-refractivity contribution is 9.10. The van der Waals surface area contributed by atoms with Crippen molar-refractivity contribution in [3.63, 3.8) is 0 Å². The van der Waals surface area contributed by atoms with Gasteiger partial charge >= 0.3 is 0 Å². The average Bonchev–Trinajstić information content (AvgIpc) is 2.18. The van der Waals surface area contributed by atoms with Crippen molar-refractivity contribution in [3.8, 4) is 0 Å². The number of nitrogens with zero attached hydrogens (tertiary/aromatic N) is 2. The van der Waals surface area contributed by atoms with Gasteiger partial charge in [-0.1, -0.05) is 0 Å². The fourth-order valence-electron chi connectivity index (χ4n) is 1.41. The van der Waals surface area contributed by atoms with Gasteiger partial charge in [0.2, 0.25) is 0 Å². The van der Waals surface area contributed by atoms with Crippen LogP contribution < -0.4 is 4.90 Å². The molecule has 1 heterocycles. The van der Waals surface area contributed by atoms with E-state index >= 15 is 0 Å². The van der Waals surface area contributed by atoms with Crippen molar-refractivity contribution >= 4 is 33.3 Å². The van der Waals surface area contributed by atoms with E-state index in [9.17, 15) is 0 Å². The Kier molecular flexibility index (Phi) is 4.87. The number of aromatic nitrogens is 1. The maximum atomic E-state index is 5.78. The summed E-state index contributed by atoms with van der Waals surface area (Å²) < 4.78 is 1.04. The van der Waals surface area contributed by atoms with E-state index in [1.165, 1.54) is 5.56 Å². The molecule has 1 rings (SSSR count). The van der Waals surface area contributed by atoms with Gasteiger partial charge in [0.05, 0.1) is 0 Å². The molecule has 0 N–H and O–H groups in total. The minimum atomic E-state index is 0.414. The molecule has 0 amide bonds. The van der Waals surface area contributed by atoms with Gasteiger partial charge in [-0.25, -0.2) is 4.98 Å². The first-order valence-corrected chi connectivity index (χ1v) is 6.33.